The standard InChI is InChI=1S/C24H23FN2O7S/c1-31-19-7-4-16(12-21(19)32-2)27-24(28)14-26-18-6-3-15(25)11-23(18)35(29,30)17-5-8-20-22(13-17)34-10-9-33-20/h3-8,11-13,26H,9-10,14H2,1-2H3,(H,27,28). The Kier molecular flexibility index (Phi) is 6.97. The van der Waals surface area contributed by atoms with E-state index in [9.17, 15) is 17.6 Å². The number of halogens is 1. The fourth-order valence-electron chi connectivity index (χ4n) is 3.48. The summed E-state index contributed by atoms with van der Waals surface area (Å²) in [6.07, 6.45) is 0. The molecule has 0 saturated carbocycles. The number of nitrogens with one attached hydrogen (secondary N) is 2. The largest absolute Gasteiger partial charge is 0.493 e. The maximum absolute atomic E-state index is 14.0. The molecule has 0 bridgehead atoms. The minimum absolute atomic E-state index is 0.0729. The van der Waals surface area contributed by atoms with Gasteiger partial charge in [0, 0.05) is 17.8 Å². The van der Waals surface area contributed by atoms with Gasteiger partial charge in [-0.1, -0.05) is 0 Å². The van der Waals surface area contributed by atoms with Gasteiger partial charge in [0.2, 0.25) is 15.7 Å². The Bertz CT molecular complexity index is 1360. The Hall–Kier alpha value is -3.99. The van der Waals surface area contributed by atoms with Gasteiger partial charge in [0.25, 0.3) is 0 Å². The second kappa shape index (κ2) is 10.1. The molecule has 0 unspecified atom stereocenters. The van der Waals surface area contributed by atoms with Crippen LogP contribution in [-0.4, -0.2) is 48.3 Å². The molecule has 1 amide bonds. The first-order valence-electron chi connectivity index (χ1n) is 10.5. The van der Waals surface area contributed by atoms with Crippen molar-refractivity contribution in [3.05, 3.63) is 60.4 Å². The molecule has 3 aromatic rings. The van der Waals surface area contributed by atoms with E-state index in [-0.39, 0.29) is 27.8 Å². The molecule has 3 aromatic carbocycles. The lowest BCUT2D eigenvalue weighted by Gasteiger charge is -2.19. The number of methoxy groups -OCH3 is 2. The molecule has 4 rings (SSSR count). The predicted octanol–water partition coefficient (Wildman–Crippen LogP) is 3.50. The number of sulfone groups is 1. The smallest absolute Gasteiger partial charge is 0.243 e. The van der Waals surface area contributed by atoms with E-state index in [2.05, 4.69) is 10.6 Å². The van der Waals surface area contributed by atoms with Crippen LogP contribution < -0.4 is 29.6 Å². The van der Waals surface area contributed by atoms with E-state index in [1.165, 1.54) is 38.5 Å². The van der Waals surface area contributed by atoms with Crippen LogP contribution in [0.4, 0.5) is 15.8 Å². The number of hydrogen-bond donors (Lipinski definition) is 2. The summed E-state index contributed by atoms with van der Waals surface area (Å²) in [6, 6.07) is 12.3. The van der Waals surface area contributed by atoms with Crippen molar-refractivity contribution in [1.29, 1.82) is 0 Å². The molecule has 0 aliphatic carbocycles. The number of amides is 1. The molecular weight excluding hydrogens is 479 g/mol. The Balaban J connectivity index is 1.53. The summed E-state index contributed by atoms with van der Waals surface area (Å²) in [7, 11) is -1.17. The van der Waals surface area contributed by atoms with Crippen LogP contribution in [0, 0.1) is 5.82 Å². The molecule has 0 fully saturated rings. The van der Waals surface area contributed by atoms with E-state index in [0.717, 1.165) is 12.1 Å². The zero-order valence-electron chi connectivity index (χ0n) is 19.0. The third-order valence-corrected chi connectivity index (χ3v) is 6.96. The zero-order chi connectivity index (χ0) is 25.0. The Morgan fingerprint density at radius 3 is 2.43 bits per heavy atom. The van der Waals surface area contributed by atoms with Crippen LogP contribution in [0.15, 0.2) is 64.4 Å². The lowest BCUT2D eigenvalue weighted by Crippen LogP contribution is -2.22. The van der Waals surface area contributed by atoms with Gasteiger partial charge >= 0.3 is 0 Å². The van der Waals surface area contributed by atoms with Crippen LogP contribution in [0.25, 0.3) is 0 Å². The average Bonchev–Trinajstić information content (AvgIpc) is 2.87. The molecule has 0 aromatic heterocycles. The van der Waals surface area contributed by atoms with Gasteiger partial charge < -0.3 is 29.6 Å². The first-order chi connectivity index (χ1) is 16.8. The van der Waals surface area contributed by atoms with Crippen molar-refractivity contribution in [3.63, 3.8) is 0 Å². The van der Waals surface area contributed by atoms with Crippen molar-refractivity contribution in [3.8, 4) is 23.0 Å². The number of carbonyl (C=O) groups excluding carboxylic acids is 1. The molecule has 0 spiro atoms. The highest BCUT2D eigenvalue weighted by Gasteiger charge is 2.25. The predicted molar refractivity (Wildman–Crippen MR) is 126 cm³/mol. The van der Waals surface area contributed by atoms with Gasteiger partial charge in [0.1, 0.15) is 19.0 Å². The van der Waals surface area contributed by atoms with Crippen molar-refractivity contribution >= 4 is 27.1 Å². The molecule has 184 valence electrons. The monoisotopic (exact) mass is 502 g/mol. The van der Waals surface area contributed by atoms with Gasteiger partial charge in [0.15, 0.2) is 23.0 Å². The second-order valence-corrected chi connectivity index (χ2v) is 9.34. The van der Waals surface area contributed by atoms with Gasteiger partial charge in [-0.05, 0) is 42.5 Å². The van der Waals surface area contributed by atoms with Crippen LogP contribution in [0.5, 0.6) is 23.0 Å². The minimum atomic E-state index is -4.15. The van der Waals surface area contributed by atoms with Crippen LogP contribution in [0.2, 0.25) is 0 Å². The van der Waals surface area contributed by atoms with Crippen LogP contribution in [0.1, 0.15) is 0 Å². The van der Waals surface area contributed by atoms with E-state index in [1.54, 1.807) is 18.2 Å². The van der Waals surface area contributed by atoms with E-state index in [1.807, 2.05) is 0 Å². The number of anilines is 2. The Morgan fingerprint density at radius 1 is 0.943 bits per heavy atom. The van der Waals surface area contributed by atoms with Gasteiger partial charge in [-0.3, -0.25) is 4.79 Å². The molecule has 0 radical (unpaired) electrons. The van der Waals surface area contributed by atoms with E-state index in [0.29, 0.717) is 36.1 Å². The Labute approximate surface area is 201 Å². The van der Waals surface area contributed by atoms with Crippen molar-refractivity contribution in [2.45, 2.75) is 9.79 Å². The summed E-state index contributed by atoms with van der Waals surface area (Å²) in [5, 5.41) is 5.46. The van der Waals surface area contributed by atoms with E-state index < -0.39 is 21.6 Å². The fourth-order valence-corrected chi connectivity index (χ4v) is 4.94. The third-order valence-electron chi connectivity index (χ3n) is 5.16. The lowest BCUT2D eigenvalue weighted by atomic mass is 10.2. The molecule has 2 N–H and O–H groups in total. The van der Waals surface area contributed by atoms with Crippen molar-refractivity contribution < 1.29 is 36.6 Å². The molecule has 1 heterocycles. The maximum atomic E-state index is 14.0. The van der Waals surface area contributed by atoms with E-state index >= 15 is 0 Å². The molecule has 11 heteroatoms. The van der Waals surface area contributed by atoms with E-state index in [4.69, 9.17) is 18.9 Å². The van der Waals surface area contributed by atoms with Crippen molar-refractivity contribution in [2.24, 2.45) is 0 Å². The summed E-state index contributed by atoms with van der Waals surface area (Å²) in [5.41, 5.74) is 0.529. The van der Waals surface area contributed by atoms with Gasteiger partial charge in [-0.25, -0.2) is 12.8 Å². The summed E-state index contributed by atoms with van der Waals surface area (Å²) in [4.78, 5) is 12.1. The third kappa shape index (κ3) is 5.24. The molecular formula is C24H23FN2O7S. The molecule has 9 nitrogen and oxygen atoms in total. The molecule has 1 aliphatic rings. The summed E-state index contributed by atoms with van der Waals surface area (Å²) in [6.45, 7) is 0.379. The van der Waals surface area contributed by atoms with Crippen molar-refractivity contribution in [2.75, 3.05) is 44.6 Å². The first-order valence-corrected chi connectivity index (χ1v) is 12.0. The van der Waals surface area contributed by atoms with Gasteiger partial charge in [-0.15, -0.1) is 0 Å². The van der Waals surface area contributed by atoms with Crippen LogP contribution >= 0.6 is 0 Å². The number of benzene rings is 3. The molecule has 1 aliphatic heterocycles. The number of hydrogen-bond acceptors (Lipinski definition) is 8. The SMILES string of the molecule is COc1ccc(NC(=O)CNc2ccc(F)cc2S(=O)(=O)c2ccc3c(c2)OCCO3)cc1OC. The topological polar surface area (TPSA) is 112 Å². The number of fused-ring (bicyclic) bond motifs is 1. The summed E-state index contributed by atoms with van der Waals surface area (Å²) in [5.74, 6) is 0.469. The van der Waals surface area contributed by atoms with Crippen LogP contribution in [0.3, 0.4) is 0 Å². The first kappa shape index (κ1) is 24.1. The molecule has 35 heavy (non-hydrogen) atoms. The van der Waals surface area contributed by atoms with Gasteiger partial charge in [0.05, 0.1) is 36.2 Å². The number of rotatable bonds is 8. The molecule has 0 saturated heterocycles. The zero-order valence-corrected chi connectivity index (χ0v) is 19.8. The Morgan fingerprint density at radius 2 is 1.69 bits per heavy atom. The average molecular weight is 503 g/mol. The maximum Gasteiger partial charge on any atom is 0.243 e. The van der Waals surface area contributed by atoms with Crippen molar-refractivity contribution in [1.82, 2.24) is 0 Å². The van der Waals surface area contributed by atoms with Gasteiger partial charge in [-0.2, -0.15) is 0 Å². The second-order valence-electron chi connectivity index (χ2n) is 7.42. The highest BCUT2D eigenvalue weighted by molar-refractivity contribution is 7.91. The summed E-state index contributed by atoms with van der Waals surface area (Å²) < 4.78 is 62.0. The number of carbonyl (C=O) groups is 1. The summed E-state index contributed by atoms with van der Waals surface area (Å²) >= 11 is 0. The highest BCUT2D eigenvalue weighted by atomic mass is 32.2. The lowest BCUT2D eigenvalue weighted by molar-refractivity contribution is -0.114. The number of ether oxygens (including phenoxy) is 4. The normalized spacial score (nSPS) is 12.5. The molecule has 0 atom stereocenters. The fraction of sp³-hybridized carbons (Fsp3) is 0.208. The quantitative estimate of drug-likeness (QED) is 0.482. The highest BCUT2D eigenvalue weighted by Crippen LogP contribution is 2.36. The minimum Gasteiger partial charge on any atom is -0.493 e. The van der Waals surface area contributed by atoms with Crippen LogP contribution in [-0.2, 0) is 14.6 Å².